The molecule has 0 bridgehead atoms. The number of hydrogen-bond acceptors (Lipinski definition) is 3. The third-order valence-corrected chi connectivity index (χ3v) is 4.90. The van der Waals surface area contributed by atoms with Gasteiger partial charge in [0, 0.05) is 38.5 Å². The maximum Gasteiger partial charge on any atom is 0.315 e. The standard InChI is InChI=1S/C19H29N3O2/c23-19(20-11-10-17-8-6-14-24-17)21-15-16-7-2-3-9-18(16)22-12-4-1-5-13-22/h2-3,7,9,17H,1,4-6,8,10-15H2,(H2,20,21,23)/t17-/m1/s1. The Morgan fingerprint density at radius 2 is 1.96 bits per heavy atom. The van der Waals surface area contributed by atoms with E-state index < -0.39 is 0 Å². The Balaban J connectivity index is 1.44. The highest BCUT2D eigenvalue weighted by Gasteiger charge is 2.16. The number of rotatable bonds is 6. The van der Waals surface area contributed by atoms with Crippen LogP contribution >= 0.6 is 0 Å². The molecule has 5 nitrogen and oxygen atoms in total. The van der Waals surface area contributed by atoms with Crippen LogP contribution in [0.5, 0.6) is 0 Å². The van der Waals surface area contributed by atoms with Crippen LogP contribution in [0.4, 0.5) is 10.5 Å². The predicted molar refractivity (Wildman–Crippen MR) is 96.3 cm³/mol. The SMILES string of the molecule is O=C(NCC[C@H]1CCCO1)NCc1ccccc1N1CCCCC1. The molecule has 1 aromatic carbocycles. The number of benzene rings is 1. The molecule has 24 heavy (non-hydrogen) atoms. The Labute approximate surface area is 144 Å². The number of urea groups is 1. The van der Waals surface area contributed by atoms with Gasteiger partial charge in [0.15, 0.2) is 0 Å². The lowest BCUT2D eigenvalue weighted by Gasteiger charge is -2.30. The number of ether oxygens (including phenoxy) is 1. The maximum absolute atomic E-state index is 12.0. The normalized spacial score (nSPS) is 20.8. The monoisotopic (exact) mass is 331 g/mol. The molecule has 0 saturated carbocycles. The van der Waals surface area contributed by atoms with Crippen molar-refractivity contribution in [1.29, 1.82) is 0 Å². The molecule has 2 heterocycles. The van der Waals surface area contributed by atoms with E-state index in [1.54, 1.807) is 0 Å². The summed E-state index contributed by atoms with van der Waals surface area (Å²) in [6.45, 7) is 4.34. The molecule has 0 aromatic heterocycles. The van der Waals surface area contributed by atoms with Crippen LogP contribution in [0.25, 0.3) is 0 Å². The second-order valence-corrected chi connectivity index (χ2v) is 6.71. The fourth-order valence-electron chi connectivity index (χ4n) is 3.56. The van der Waals surface area contributed by atoms with E-state index in [4.69, 9.17) is 4.74 Å². The molecule has 2 aliphatic heterocycles. The van der Waals surface area contributed by atoms with Crippen LogP contribution in [0.3, 0.4) is 0 Å². The summed E-state index contributed by atoms with van der Waals surface area (Å²) >= 11 is 0. The Kier molecular flexibility index (Phi) is 6.35. The van der Waals surface area contributed by atoms with Crippen molar-refractivity contribution in [2.75, 3.05) is 31.1 Å². The topological polar surface area (TPSA) is 53.6 Å². The zero-order valence-electron chi connectivity index (χ0n) is 14.4. The van der Waals surface area contributed by atoms with Gasteiger partial charge in [-0.3, -0.25) is 0 Å². The fourth-order valence-corrected chi connectivity index (χ4v) is 3.56. The summed E-state index contributed by atoms with van der Waals surface area (Å²) < 4.78 is 5.57. The zero-order valence-corrected chi connectivity index (χ0v) is 14.4. The van der Waals surface area contributed by atoms with Crippen molar-refractivity contribution >= 4 is 11.7 Å². The van der Waals surface area contributed by atoms with Gasteiger partial charge in [-0.05, 0) is 50.2 Å². The van der Waals surface area contributed by atoms with Gasteiger partial charge in [-0.25, -0.2) is 4.79 Å². The molecule has 5 heteroatoms. The van der Waals surface area contributed by atoms with Gasteiger partial charge < -0.3 is 20.3 Å². The van der Waals surface area contributed by atoms with Gasteiger partial charge >= 0.3 is 6.03 Å². The number of anilines is 1. The van der Waals surface area contributed by atoms with Crippen molar-refractivity contribution in [3.05, 3.63) is 29.8 Å². The van der Waals surface area contributed by atoms with Gasteiger partial charge in [0.1, 0.15) is 0 Å². The van der Waals surface area contributed by atoms with E-state index in [0.29, 0.717) is 19.2 Å². The molecule has 0 spiro atoms. The molecule has 3 rings (SSSR count). The summed E-state index contributed by atoms with van der Waals surface area (Å²) in [5.41, 5.74) is 2.45. The summed E-state index contributed by atoms with van der Waals surface area (Å²) in [4.78, 5) is 14.4. The van der Waals surface area contributed by atoms with Gasteiger partial charge in [-0.15, -0.1) is 0 Å². The first-order valence-electron chi connectivity index (χ1n) is 9.29. The second-order valence-electron chi connectivity index (χ2n) is 6.71. The Morgan fingerprint density at radius 1 is 1.12 bits per heavy atom. The Hall–Kier alpha value is -1.75. The summed E-state index contributed by atoms with van der Waals surface area (Å²) in [7, 11) is 0. The molecular weight excluding hydrogens is 302 g/mol. The lowest BCUT2D eigenvalue weighted by atomic mass is 10.1. The van der Waals surface area contributed by atoms with Gasteiger partial charge in [0.2, 0.25) is 0 Å². The molecule has 0 radical (unpaired) electrons. The zero-order chi connectivity index (χ0) is 16.6. The van der Waals surface area contributed by atoms with Crippen molar-refractivity contribution in [2.45, 2.75) is 51.2 Å². The molecule has 2 saturated heterocycles. The van der Waals surface area contributed by atoms with Crippen LogP contribution in [0.15, 0.2) is 24.3 Å². The molecule has 0 aliphatic carbocycles. The minimum absolute atomic E-state index is 0.0959. The number of para-hydroxylation sites is 1. The molecule has 1 aromatic rings. The minimum Gasteiger partial charge on any atom is -0.378 e. The number of nitrogens with one attached hydrogen (secondary N) is 2. The van der Waals surface area contributed by atoms with Crippen LogP contribution in [-0.4, -0.2) is 38.4 Å². The van der Waals surface area contributed by atoms with Crippen LogP contribution < -0.4 is 15.5 Å². The number of carbonyl (C=O) groups is 1. The van der Waals surface area contributed by atoms with E-state index in [1.807, 2.05) is 6.07 Å². The van der Waals surface area contributed by atoms with Gasteiger partial charge in [-0.1, -0.05) is 18.2 Å². The maximum atomic E-state index is 12.0. The first kappa shape index (κ1) is 17.1. The van der Waals surface area contributed by atoms with Crippen molar-refractivity contribution < 1.29 is 9.53 Å². The van der Waals surface area contributed by atoms with E-state index in [1.165, 1.54) is 30.5 Å². The lowest BCUT2D eigenvalue weighted by molar-refractivity contribution is 0.104. The number of amides is 2. The van der Waals surface area contributed by atoms with Gasteiger partial charge in [-0.2, -0.15) is 0 Å². The Morgan fingerprint density at radius 3 is 2.75 bits per heavy atom. The molecule has 2 fully saturated rings. The molecule has 2 amide bonds. The summed E-state index contributed by atoms with van der Waals surface area (Å²) in [5, 5.41) is 5.92. The average Bonchev–Trinajstić information content (AvgIpc) is 3.14. The van der Waals surface area contributed by atoms with Crippen LogP contribution in [0, 0.1) is 0 Å². The summed E-state index contributed by atoms with van der Waals surface area (Å²) in [5.74, 6) is 0. The number of hydrogen-bond donors (Lipinski definition) is 2. The van der Waals surface area contributed by atoms with Crippen LogP contribution in [0.1, 0.15) is 44.1 Å². The summed E-state index contributed by atoms with van der Waals surface area (Å²) in [6.07, 6.45) is 7.32. The van der Waals surface area contributed by atoms with Crippen molar-refractivity contribution in [3.63, 3.8) is 0 Å². The first-order valence-corrected chi connectivity index (χ1v) is 9.29. The first-order chi connectivity index (χ1) is 11.8. The van der Waals surface area contributed by atoms with Gasteiger partial charge in [0.05, 0.1) is 6.10 Å². The third-order valence-electron chi connectivity index (χ3n) is 4.90. The van der Waals surface area contributed by atoms with E-state index in [-0.39, 0.29) is 6.03 Å². The predicted octanol–water partition coefficient (Wildman–Crippen LogP) is 3.05. The molecule has 2 N–H and O–H groups in total. The second kappa shape index (κ2) is 8.92. The van der Waals surface area contributed by atoms with E-state index >= 15 is 0 Å². The number of nitrogens with zero attached hydrogens (tertiary/aromatic N) is 1. The highest BCUT2D eigenvalue weighted by Crippen LogP contribution is 2.24. The lowest BCUT2D eigenvalue weighted by Crippen LogP contribution is -2.37. The number of piperidine rings is 1. The van der Waals surface area contributed by atoms with Crippen molar-refractivity contribution in [3.8, 4) is 0 Å². The minimum atomic E-state index is -0.0959. The van der Waals surface area contributed by atoms with E-state index in [0.717, 1.165) is 39.0 Å². The summed E-state index contributed by atoms with van der Waals surface area (Å²) in [6, 6.07) is 8.30. The van der Waals surface area contributed by atoms with E-state index in [9.17, 15) is 4.79 Å². The molecule has 2 aliphatic rings. The molecule has 1 atom stereocenters. The third kappa shape index (κ3) is 4.87. The van der Waals surface area contributed by atoms with Crippen LogP contribution in [0.2, 0.25) is 0 Å². The van der Waals surface area contributed by atoms with Crippen molar-refractivity contribution in [2.24, 2.45) is 0 Å². The Bertz CT molecular complexity index is 523. The molecule has 0 unspecified atom stereocenters. The van der Waals surface area contributed by atoms with Gasteiger partial charge in [0.25, 0.3) is 0 Å². The highest BCUT2D eigenvalue weighted by atomic mass is 16.5. The largest absolute Gasteiger partial charge is 0.378 e. The van der Waals surface area contributed by atoms with Crippen molar-refractivity contribution in [1.82, 2.24) is 10.6 Å². The van der Waals surface area contributed by atoms with Crippen LogP contribution in [-0.2, 0) is 11.3 Å². The highest BCUT2D eigenvalue weighted by molar-refractivity contribution is 5.74. The van der Waals surface area contributed by atoms with E-state index in [2.05, 4.69) is 33.7 Å². The molecular formula is C19H29N3O2. The fraction of sp³-hybridized carbons (Fsp3) is 0.632. The smallest absolute Gasteiger partial charge is 0.315 e. The number of carbonyl (C=O) groups excluding carboxylic acids is 1. The molecule has 132 valence electrons. The quantitative estimate of drug-likeness (QED) is 0.842. The average molecular weight is 331 g/mol.